The number of nitrogens with zero attached hydrogens (tertiary/aromatic N) is 4. The van der Waals surface area contributed by atoms with Gasteiger partial charge in [-0.25, -0.2) is 18.8 Å². The van der Waals surface area contributed by atoms with E-state index in [0.717, 1.165) is 0 Å². The second-order valence-corrected chi connectivity index (χ2v) is 9.76. The van der Waals surface area contributed by atoms with Crippen molar-refractivity contribution < 1.29 is 13.6 Å². The Morgan fingerprint density at radius 3 is 2.74 bits per heavy atom. The Balaban J connectivity index is 1.70. The molecular weight excluding hydrogens is 456 g/mol. The number of aliphatic imine (C=N–C) groups is 1. The van der Waals surface area contributed by atoms with E-state index in [1.165, 1.54) is 47.1 Å². The molecule has 1 fully saturated rings. The smallest absolute Gasteiger partial charge is 0.245 e. The number of benzene rings is 1. The van der Waals surface area contributed by atoms with E-state index in [1.807, 2.05) is 6.07 Å². The molecule has 34 heavy (non-hydrogen) atoms. The summed E-state index contributed by atoms with van der Waals surface area (Å²) in [6.07, 6.45) is 5.09. The molecule has 1 aliphatic heterocycles. The molecule has 172 valence electrons. The van der Waals surface area contributed by atoms with Gasteiger partial charge in [-0.1, -0.05) is 23.8 Å². The van der Waals surface area contributed by atoms with Crippen molar-refractivity contribution in [3.8, 4) is 17.9 Å². The standard InChI is InChI=1S/C25H21F2N5OS/c1-32(2)22(33)9-10-24-12-21(24)25(15-26,31-23(29)34-24)19-11-16(5-8-20(19)27)3-6-18-7-4-17(13-28)14-30-18/h4-5,7-11,14,21H,12,15H2,1-2H3,(H2,29,31)/b10-9+/t21-,24+,25-/m1/s1. The number of carbonyl (C=O) groups is 1. The fourth-order valence-corrected chi connectivity index (χ4v) is 5.39. The van der Waals surface area contributed by atoms with Crippen LogP contribution in [0.2, 0.25) is 0 Å². The van der Waals surface area contributed by atoms with Gasteiger partial charge in [0.1, 0.15) is 29.8 Å². The molecule has 4 rings (SSSR count). The quantitative estimate of drug-likeness (QED) is 0.539. The number of nitrogens with two attached hydrogens (primary N) is 1. The minimum Gasteiger partial charge on any atom is -0.378 e. The van der Waals surface area contributed by atoms with Crippen LogP contribution in [0.15, 0.2) is 53.7 Å². The van der Waals surface area contributed by atoms with Gasteiger partial charge in [-0.3, -0.25) is 4.79 Å². The summed E-state index contributed by atoms with van der Waals surface area (Å²) in [6.45, 7) is -0.943. The second-order valence-electron chi connectivity index (χ2n) is 8.38. The SMILES string of the molecule is CN(C)C(=O)/C=C/[C@]12C[C@H]1[C@@](CF)(c1cc(C#Cc3ccc(C#N)cn3)ccc1F)N=C(N)S2. The molecule has 2 N–H and O–H groups in total. The van der Waals surface area contributed by atoms with E-state index in [1.54, 1.807) is 32.3 Å². The highest BCUT2D eigenvalue weighted by atomic mass is 32.2. The van der Waals surface area contributed by atoms with Crippen LogP contribution in [0.3, 0.4) is 0 Å². The average molecular weight is 478 g/mol. The predicted molar refractivity (Wildman–Crippen MR) is 127 cm³/mol. The summed E-state index contributed by atoms with van der Waals surface area (Å²) in [5.74, 6) is 4.61. The van der Waals surface area contributed by atoms with E-state index in [2.05, 4.69) is 21.8 Å². The van der Waals surface area contributed by atoms with Gasteiger partial charge in [0.15, 0.2) is 5.17 Å². The molecular formula is C25H21F2N5OS. The Kier molecular flexibility index (Phi) is 6.16. The maximum atomic E-state index is 15.0. The Hall–Kier alpha value is -3.69. The van der Waals surface area contributed by atoms with Crippen molar-refractivity contribution in [3.63, 3.8) is 0 Å². The first-order chi connectivity index (χ1) is 16.2. The zero-order valence-corrected chi connectivity index (χ0v) is 19.4. The van der Waals surface area contributed by atoms with Gasteiger partial charge in [-0.15, -0.1) is 0 Å². The number of likely N-dealkylation sites (N-methyl/N-ethyl adjacent to an activating group) is 1. The number of carbonyl (C=O) groups excluding carboxylic acids is 1. The van der Waals surface area contributed by atoms with Crippen molar-refractivity contribution >= 4 is 22.8 Å². The van der Waals surface area contributed by atoms with Crippen molar-refractivity contribution in [3.05, 3.63) is 76.9 Å². The molecule has 0 radical (unpaired) electrons. The number of nitriles is 1. The highest BCUT2D eigenvalue weighted by Crippen LogP contribution is 2.66. The van der Waals surface area contributed by atoms with Gasteiger partial charge >= 0.3 is 0 Å². The number of aromatic nitrogens is 1. The maximum Gasteiger partial charge on any atom is 0.245 e. The van der Waals surface area contributed by atoms with E-state index in [-0.39, 0.29) is 22.6 Å². The topological polar surface area (TPSA) is 95.4 Å². The number of pyridine rings is 1. The van der Waals surface area contributed by atoms with Crippen molar-refractivity contribution in [2.45, 2.75) is 16.7 Å². The molecule has 1 aromatic carbocycles. The number of hydrogen-bond donors (Lipinski definition) is 1. The first-order valence-electron chi connectivity index (χ1n) is 10.4. The molecule has 1 saturated carbocycles. The van der Waals surface area contributed by atoms with Crippen LogP contribution in [0.1, 0.15) is 28.8 Å². The molecule has 2 heterocycles. The average Bonchev–Trinajstić information content (AvgIpc) is 3.56. The van der Waals surface area contributed by atoms with Gasteiger partial charge in [0.05, 0.1) is 5.56 Å². The van der Waals surface area contributed by atoms with Gasteiger partial charge in [-0.05, 0) is 42.7 Å². The zero-order valence-electron chi connectivity index (χ0n) is 18.5. The number of amides is 1. The molecule has 6 nitrogen and oxygen atoms in total. The van der Waals surface area contributed by atoms with Gasteiger partial charge < -0.3 is 10.6 Å². The molecule has 0 bridgehead atoms. The highest BCUT2D eigenvalue weighted by Gasteiger charge is 2.67. The molecule has 2 aromatic rings. The number of hydrogen-bond acceptors (Lipinski definition) is 6. The second kappa shape index (κ2) is 8.92. The minimum absolute atomic E-state index is 0.0806. The highest BCUT2D eigenvalue weighted by molar-refractivity contribution is 8.15. The molecule has 9 heteroatoms. The van der Waals surface area contributed by atoms with Gasteiger partial charge in [0.2, 0.25) is 5.91 Å². The van der Waals surface area contributed by atoms with E-state index >= 15 is 4.39 Å². The summed E-state index contributed by atoms with van der Waals surface area (Å²) in [7, 11) is 3.28. The number of rotatable bonds is 4. The summed E-state index contributed by atoms with van der Waals surface area (Å²) < 4.78 is 29.1. The van der Waals surface area contributed by atoms with E-state index in [0.29, 0.717) is 23.2 Å². The number of fused-ring (bicyclic) bond motifs is 1. The first kappa shape index (κ1) is 23.5. The van der Waals surface area contributed by atoms with Crippen LogP contribution in [-0.2, 0) is 10.3 Å². The lowest BCUT2D eigenvalue weighted by molar-refractivity contribution is -0.123. The molecule has 1 amide bonds. The molecule has 3 atom stereocenters. The number of halogens is 2. The molecule has 1 aliphatic carbocycles. The minimum atomic E-state index is -1.50. The predicted octanol–water partition coefficient (Wildman–Crippen LogP) is 3.12. The third kappa shape index (κ3) is 4.27. The van der Waals surface area contributed by atoms with Crippen molar-refractivity contribution in [1.82, 2.24) is 9.88 Å². The monoisotopic (exact) mass is 477 g/mol. The van der Waals surface area contributed by atoms with E-state index < -0.39 is 22.8 Å². The lowest BCUT2D eigenvalue weighted by Gasteiger charge is -2.34. The van der Waals surface area contributed by atoms with Crippen LogP contribution >= 0.6 is 11.8 Å². The maximum absolute atomic E-state index is 15.0. The van der Waals surface area contributed by atoms with Crippen LogP contribution in [-0.4, -0.2) is 46.5 Å². The lowest BCUT2D eigenvalue weighted by atomic mass is 9.84. The normalized spacial score (nSPS) is 24.9. The van der Waals surface area contributed by atoms with Crippen LogP contribution in [0, 0.1) is 34.9 Å². The lowest BCUT2D eigenvalue weighted by Crippen LogP contribution is -2.39. The first-order valence-corrected chi connectivity index (χ1v) is 11.2. The summed E-state index contributed by atoms with van der Waals surface area (Å²) in [6, 6.07) is 9.44. The summed E-state index contributed by atoms with van der Waals surface area (Å²) in [4.78, 5) is 22.0. The van der Waals surface area contributed by atoms with Crippen LogP contribution in [0.4, 0.5) is 8.78 Å². The number of thioether (sulfide) groups is 1. The van der Waals surface area contributed by atoms with Crippen LogP contribution < -0.4 is 5.73 Å². The summed E-state index contributed by atoms with van der Waals surface area (Å²) in [5.41, 5.74) is 5.97. The molecule has 1 aromatic heterocycles. The van der Waals surface area contributed by atoms with Crippen LogP contribution in [0.25, 0.3) is 0 Å². The van der Waals surface area contributed by atoms with Gasteiger partial charge in [-0.2, -0.15) is 5.26 Å². The van der Waals surface area contributed by atoms with Crippen molar-refractivity contribution in [1.29, 1.82) is 5.26 Å². The van der Waals surface area contributed by atoms with Crippen molar-refractivity contribution in [2.24, 2.45) is 16.6 Å². The van der Waals surface area contributed by atoms with Gasteiger partial charge in [0.25, 0.3) is 0 Å². The fourth-order valence-electron chi connectivity index (χ4n) is 4.07. The Bertz CT molecular complexity index is 1310. The fraction of sp³-hybridized carbons (Fsp3) is 0.280. The molecule has 0 spiro atoms. The van der Waals surface area contributed by atoms with Gasteiger partial charge in [0, 0.05) is 48.2 Å². The zero-order chi connectivity index (χ0) is 24.5. The summed E-state index contributed by atoms with van der Waals surface area (Å²) >= 11 is 1.27. The van der Waals surface area contributed by atoms with Crippen LogP contribution in [0.5, 0.6) is 0 Å². The third-order valence-electron chi connectivity index (χ3n) is 5.95. The molecule has 0 unspecified atom stereocenters. The number of alkyl halides is 1. The Morgan fingerprint density at radius 2 is 2.09 bits per heavy atom. The summed E-state index contributed by atoms with van der Waals surface area (Å²) in [5, 5.41) is 9.02. The molecule has 0 saturated heterocycles. The number of amidine groups is 1. The third-order valence-corrected chi connectivity index (χ3v) is 7.21. The van der Waals surface area contributed by atoms with E-state index in [4.69, 9.17) is 11.0 Å². The molecule has 2 aliphatic rings. The largest absolute Gasteiger partial charge is 0.378 e. The van der Waals surface area contributed by atoms with E-state index in [9.17, 15) is 9.18 Å². The Labute approximate surface area is 200 Å². The van der Waals surface area contributed by atoms with Crippen molar-refractivity contribution in [2.75, 3.05) is 20.8 Å². The Morgan fingerprint density at radius 1 is 1.32 bits per heavy atom.